The first-order valence-corrected chi connectivity index (χ1v) is 7.22. The highest BCUT2D eigenvalue weighted by Crippen LogP contribution is 2.31. The molecule has 20 heavy (non-hydrogen) atoms. The molecule has 0 radical (unpaired) electrons. The SMILES string of the molecule is COc1ccc(C[NH3+])cc1S(=O)(=O)[N-]c1ncccn1. The number of quaternary nitrogens is 1. The summed E-state index contributed by atoms with van der Waals surface area (Å²) in [5.41, 5.74) is 4.50. The van der Waals surface area contributed by atoms with Crippen molar-refractivity contribution in [2.45, 2.75) is 11.4 Å². The Morgan fingerprint density at radius 3 is 2.60 bits per heavy atom. The molecule has 2 rings (SSSR count). The van der Waals surface area contributed by atoms with Gasteiger partial charge < -0.3 is 20.4 Å². The van der Waals surface area contributed by atoms with Crippen molar-refractivity contribution in [3.8, 4) is 5.75 Å². The van der Waals surface area contributed by atoms with Gasteiger partial charge in [-0.1, -0.05) is 6.07 Å². The Morgan fingerprint density at radius 2 is 2.00 bits per heavy atom. The molecule has 1 aromatic carbocycles. The van der Waals surface area contributed by atoms with Gasteiger partial charge in [0.15, 0.2) is 0 Å². The molecule has 0 fully saturated rings. The van der Waals surface area contributed by atoms with Crippen molar-refractivity contribution in [1.82, 2.24) is 9.97 Å². The maximum Gasteiger partial charge on any atom is 0.233 e. The van der Waals surface area contributed by atoms with Crippen molar-refractivity contribution in [3.05, 3.63) is 46.9 Å². The second kappa shape index (κ2) is 5.85. The highest BCUT2D eigenvalue weighted by Gasteiger charge is 2.18. The third-order valence-electron chi connectivity index (χ3n) is 2.55. The minimum absolute atomic E-state index is 0.0198. The third kappa shape index (κ3) is 3.03. The van der Waals surface area contributed by atoms with Crippen LogP contribution in [0.25, 0.3) is 4.72 Å². The largest absolute Gasteiger partial charge is 0.495 e. The molecule has 0 saturated heterocycles. The van der Waals surface area contributed by atoms with Gasteiger partial charge in [-0.3, -0.25) is 4.72 Å². The zero-order valence-corrected chi connectivity index (χ0v) is 11.7. The van der Waals surface area contributed by atoms with E-state index in [0.29, 0.717) is 6.54 Å². The van der Waals surface area contributed by atoms with Gasteiger partial charge in [0.1, 0.15) is 10.6 Å². The highest BCUT2D eigenvalue weighted by atomic mass is 32.2. The molecule has 3 N–H and O–H groups in total. The zero-order chi connectivity index (χ0) is 14.6. The van der Waals surface area contributed by atoms with Crippen molar-refractivity contribution in [3.63, 3.8) is 0 Å². The maximum absolute atomic E-state index is 12.3. The molecule has 0 spiro atoms. The van der Waals surface area contributed by atoms with Gasteiger partial charge in [-0.2, -0.15) is 0 Å². The molecule has 0 bridgehead atoms. The van der Waals surface area contributed by atoms with Crippen molar-refractivity contribution in [2.24, 2.45) is 0 Å². The molecule has 7 nitrogen and oxygen atoms in total. The van der Waals surface area contributed by atoms with Crippen molar-refractivity contribution in [2.75, 3.05) is 7.11 Å². The lowest BCUT2D eigenvalue weighted by Crippen LogP contribution is -2.47. The molecule has 0 aliphatic carbocycles. The van der Waals surface area contributed by atoms with Gasteiger partial charge in [0, 0.05) is 11.5 Å². The Bertz CT molecular complexity index is 689. The van der Waals surface area contributed by atoms with Crippen LogP contribution in [0.2, 0.25) is 0 Å². The zero-order valence-electron chi connectivity index (χ0n) is 10.9. The van der Waals surface area contributed by atoms with E-state index < -0.39 is 10.0 Å². The molecule has 0 aliphatic heterocycles. The molecule has 2 aromatic rings. The number of hydrogen-bond donors (Lipinski definition) is 1. The van der Waals surface area contributed by atoms with E-state index in [-0.39, 0.29) is 16.6 Å². The lowest BCUT2D eigenvalue weighted by atomic mass is 10.2. The number of aromatic nitrogens is 2. The van der Waals surface area contributed by atoms with E-state index in [9.17, 15) is 8.42 Å². The Hall–Kier alpha value is -2.19. The van der Waals surface area contributed by atoms with Crippen LogP contribution >= 0.6 is 0 Å². The van der Waals surface area contributed by atoms with E-state index >= 15 is 0 Å². The third-order valence-corrected chi connectivity index (χ3v) is 3.83. The van der Waals surface area contributed by atoms with Crippen LogP contribution in [0.4, 0.5) is 5.95 Å². The lowest BCUT2D eigenvalue weighted by molar-refractivity contribution is -0.386. The Kier molecular flexibility index (Phi) is 4.16. The molecular weight excluding hydrogens is 280 g/mol. The van der Waals surface area contributed by atoms with E-state index in [1.165, 1.54) is 25.6 Å². The Labute approximate surface area is 116 Å². The minimum atomic E-state index is -3.94. The van der Waals surface area contributed by atoms with Crippen LogP contribution in [-0.2, 0) is 16.6 Å². The highest BCUT2D eigenvalue weighted by molar-refractivity contribution is 7.94. The number of nitrogens with zero attached hydrogens (tertiary/aromatic N) is 3. The summed E-state index contributed by atoms with van der Waals surface area (Å²) in [6.45, 7) is 0.467. The first-order chi connectivity index (χ1) is 9.56. The van der Waals surface area contributed by atoms with Crippen molar-refractivity contribution in [1.29, 1.82) is 0 Å². The molecule has 0 unspecified atom stereocenters. The molecule has 0 saturated carbocycles. The summed E-state index contributed by atoms with van der Waals surface area (Å²) < 4.78 is 33.3. The second-order valence-corrected chi connectivity index (χ2v) is 5.42. The van der Waals surface area contributed by atoms with E-state index in [0.717, 1.165) is 5.56 Å². The summed E-state index contributed by atoms with van der Waals surface area (Å²) in [6, 6.07) is 6.40. The van der Waals surface area contributed by atoms with Crippen LogP contribution in [-0.4, -0.2) is 25.5 Å². The normalized spacial score (nSPS) is 11.1. The second-order valence-electron chi connectivity index (χ2n) is 3.85. The average molecular weight is 294 g/mol. The van der Waals surface area contributed by atoms with E-state index in [2.05, 4.69) is 20.4 Å². The van der Waals surface area contributed by atoms with Crippen molar-refractivity contribution < 1.29 is 18.9 Å². The fraction of sp³-hybridized carbons (Fsp3) is 0.167. The molecule has 0 aliphatic rings. The topological polar surface area (TPSA) is 111 Å². The van der Waals surface area contributed by atoms with Crippen LogP contribution < -0.4 is 10.5 Å². The van der Waals surface area contributed by atoms with Crippen LogP contribution in [0.15, 0.2) is 41.6 Å². The van der Waals surface area contributed by atoms with E-state index in [4.69, 9.17) is 4.74 Å². The number of sulfonamides is 1. The predicted octanol–water partition coefficient (Wildman–Crippen LogP) is 0.621. The number of benzene rings is 1. The van der Waals surface area contributed by atoms with Gasteiger partial charge in [-0.15, -0.1) is 0 Å². The quantitative estimate of drug-likeness (QED) is 0.869. The number of hydrogen-bond acceptors (Lipinski definition) is 5. The first-order valence-electron chi connectivity index (χ1n) is 5.78. The van der Waals surface area contributed by atoms with Gasteiger partial charge in [0.25, 0.3) is 0 Å². The fourth-order valence-corrected chi connectivity index (χ4v) is 2.69. The number of methoxy groups -OCH3 is 1. The summed E-state index contributed by atoms with van der Waals surface area (Å²) in [5.74, 6) is 0.108. The molecule has 0 amide bonds. The summed E-state index contributed by atoms with van der Waals surface area (Å²) >= 11 is 0. The number of rotatable bonds is 5. The van der Waals surface area contributed by atoms with Gasteiger partial charge in [0.2, 0.25) is 10.0 Å². The summed E-state index contributed by atoms with van der Waals surface area (Å²) in [7, 11) is -2.54. The van der Waals surface area contributed by atoms with E-state index in [1.807, 2.05) is 0 Å². The molecular formula is C12H14N4O3S. The standard InChI is InChI=1S/C12H13N4O3S/c1-19-10-4-3-9(8-13)7-11(10)20(17,18)16-12-14-5-2-6-15-12/h2-7H,8,13H2,1H3/q-1/p+1. The van der Waals surface area contributed by atoms with Crippen LogP contribution in [0.1, 0.15) is 5.56 Å². The predicted molar refractivity (Wildman–Crippen MR) is 71.8 cm³/mol. The summed E-state index contributed by atoms with van der Waals surface area (Å²) in [6.07, 6.45) is 2.84. The molecule has 0 atom stereocenters. The first kappa shape index (κ1) is 14.2. The van der Waals surface area contributed by atoms with Crippen LogP contribution in [0.3, 0.4) is 0 Å². The molecule has 1 aromatic heterocycles. The fourth-order valence-electron chi connectivity index (χ4n) is 1.57. The minimum Gasteiger partial charge on any atom is -0.495 e. The van der Waals surface area contributed by atoms with E-state index in [1.54, 1.807) is 18.2 Å². The van der Waals surface area contributed by atoms with Gasteiger partial charge in [-0.25, -0.2) is 8.42 Å². The van der Waals surface area contributed by atoms with Gasteiger partial charge >= 0.3 is 0 Å². The smallest absolute Gasteiger partial charge is 0.233 e. The summed E-state index contributed by atoms with van der Waals surface area (Å²) in [5, 5.41) is 0. The van der Waals surface area contributed by atoms with Crippen LogP contribution in [0.5, 0.6) is 5.75 Å². The van der Waals surface area contributed by atoms with Gasteiger partial charge in [0.05, 0.1) is 13.7 Å². The molecule has 106 valence electrons. The lowest BCUT2D eigenvalue weighted by Gasteiger charge is -2.15. The maximum atomic E-state index is 12.3. The van der Waals surface area contributed by atoms with Crippen LogP contribution in [0, 0.1) is 0 Å². The average Bonchev–Trinajstić information content (AvgIpc) is 2.47. The summed E-state index contributed by atoms with van der Waals surface area (Å²) in [4.78, 5) is 7.53. The molecule has 8 heteroatoms. The van der Waals surface area contributed by atoms with Gasteiger partial charge in [-0.05, 0) is 30.6 Å². The van der Waals surface area contributed by atoms with Crippen molar-refractivity contribution >= 4 is 16.0 Å². The Morgan fingerprint density at radius 1 is 1.30 bits per heavy atom. The number of ether oxygens (including phenoxy) is 1. The molecule has 1 heterocycles. The Balaban J connectivity index is 2.43. The monoisotopic (exact) mass is 294 g/mol.